The Morgan fingerprint density at radius 3 is 3.00 bits per heavy atom. The maximum atomic E-state index is 13.2. The molecule has 0 unspecified atom stereocenters. The molecule has 0 spiro atoms. The van der Waals surface area contributed by atoms with Crippen LogP contribution in [0.3, 0.4) is 0 Å². The number of methoxy groups -OCH3 is 1. The number of imidazole rings is 1. The van der Waals surface area contributed by atoms with E-state index in [9.17, 15) is 4.79 Å². The highest BCUT2D eigenvalue weighted by Crippen LogP contribution is 2.35. The third-order valence-corrected chi connectivity index (χ3v) is 5.41. The van der Waals surface area contributed by atoms with Gasteiger partial charge in [0.2, 0.25) is 0 Å². The van der Waals surface area contributed by atoms with E-state index < -0.39 is 0 Å². The van der Waals surface area contributed by atoms with Crippen LogP contribution in [-0.4, -0.2) is 39.4 Å². The summed E-state index contributed by atoms with van der Waals surface area (Å²) >= 11 is 1.48. The second-order valence-electron chi connectivity index (χ2n) is 5.90. The number of carbonyl (C=O) groups is 1. The average Bonchev–Trinajstić information content (AvgIpc) is 3.30. The first-order chi connectivity index (χ1) is 12.3. The fourth-order valence-electron chi connectivity index (χ4n) is 3.23. The molecule has 0 saturated heterocycles. The zero-order chi connectivity index (χ0) is 17.2. The molecule has 6 nitrogen and oxygen atoms in total. The second kappa shape index (κ2) is 6.78. The minimum atomic E-state index is -0.196. The number of fused-ring (bicyclic) bond motifs is 1. The zero-order valence-corrected chi connectivity index (χ0v) is 14.6. The van der Waals surface area contributed by atoms with Crippen LogP contribution >= 0.6 is 11.3 Å². The topological polar surface area (TPSA) is 71.1 Å². The third-order valence-electron chi connectivity index (χ3n) is 4.37. The van der Waals surface area contributed by atoms with Gasteiger partial charge in [0.25, 0.3) is 5.91 Å². The smallest absolute Gasteiger partial charge is 0.264 e. The Hall–Kier alpha value is -2.51. The van der Waals surface area contributed by atoms with Crippen molar-refractivity contribution in [3.63, 3.8) is 0 Å². The molecule has 0 aliphatic carbocycles. The van der Waals surface area contributed by atoms with Gasteiger partial charge in [-0.3, -0.25) is 9.78 Å². The van der Waals surface area contributed by atoms with E-state index in [0.29, 0.717) is 13.2 Å². The van der Waals surface area contributed by atoms with Gasteiger partial charge in [-0.25, -0.2) is 4.98 Å². The van der Waals surface area contributed by atoms with Crippen molar-refractivity contribution in [2.45, 2.75) is 19.1 Å². The lowest BCUT2D eigenvalue weighted by Crippen LogP contribution is -2.40. The van der Waals surface area contributed by atoms with Crippen molar-refractivity contribution in [1.82, 2.24) is 19.9 Å². The molecule has 0 fully saturated rings. The minimum Gasteiger partial charge on any atom is -0.379 e. The van der Waals surface area contributed by atoms with E-state index in [1.165, 1.54) is 11.3 Å². The highest BCUT2D eigenvalue weighted by atomic mass is 32.1. The number of thiophene rings is 1. The average molecular weight is 354 g/mol. The Morgan fingerprint density at radius 2 is 2.20 bits per heavy atom. The number of H-pyrrole nitrogens is 1. The number of rotatable bonds is 4. The fourth-order valence-corrected chi connectivity index (χ4v) is 4.17. The van der Waals surface area contributed by atoms with Crippen molar-refractivity contribution in [1.29, 1.82) is 0 Å². The third kappa shape index (κ3) is 2.96. The van der Waals surface area contributed by atoms with Gasteiger partial charge in [0, 0.05) is 43.0 Å². The lowest BCUT2D eigenvalue weighted by atomic mass is 9.96. The number of hydrogen-bond donors (Lipinski definition) is 1. The molecule has 7 heteroatoms. The summed E-state index contributed by atoms with van der Waals surface area (Å²) in [7, 11) is 1.66. The van der Waals surface area contributed by atoms with Crippen molar-refractivity contribution in [2.24, 2.45) is 0 Å². The quantitative estimate of drug-likeness (QED) is 0.782. The normalized spacial score (nSPS) is 16.7. The molecule has 1 amide bonds. The largest absolute Gasteiger partial charge is 0.379 e. The van der Waals surface area contributed by atoms with E-state index >= 15 is 0 Å². The van der Waals surface area contributed by atoms with Gasteiger partial charge in [0.1, 0.15) is 6.04 Å². The Labute approximate surface area is 149 Å². The number of nitrogens with one attached hydrogen (secondary N) is 1. The molecule has 3 aromatic rings. The molecule has 0 aromatic carbocycles. The minimum absolute atomic E-state index is 0.0304. The molecule has 1 N–H and O–H groups in total. The predicted molar refractivity (Wildman–Crippen MR) is 94.4 cm³/mol. The van der Waals surface area contributed by atoms with E-state index in [1.807, 2.05) is 29.2 Å². The SMILES string of the molecule is COCc1ccc(C(=O)N2CCc3[nH]cnc3[C@@H]2c2ccncc2)s1. The Kier molecular flexibility index (Phi) is 4.33. The summed E-state index contributed by atoms with van der Waals surface area (Å²) in [6.07, 6.45) is 5.98. The number of ether oxygens (including phenoxy) is 1. The van der Waals surface area contributed by atoms with Crippen LogP contribution in [0.4, 0.5) is 0 Å². The molecule has 0 radical (unpaired) electrons. The Morgan fingerprint density at radius 1 is 1.36 bits per heavy atom. The van der Waals surface area contributed by atoms with Crippen molar-refractivity contribution in [2.75, 3.05) is 13.7 Å². The standard InChI is InChI=1S/C18H18N4O2S/c1-24-10-13-2-3-15(25-13)18(23)22-9-6-14-16(21-11-20-14)17(22)12-4-7-19-8-5-12/h2-5,7-8,11,17H,6,9-10H2,1H3,(H,20,21)/t17-/m0/s1. The molecular weight excluding hydrogens is 336 g/mol. The van der Waals surface area contributed by atoms with Gasteiger partial charge in [-0.1, -0.05) is 0 Å². The molecule has 4 rings (SSSR count). The maximum Gasteiger partial charge on any atom is 0.264 e. The van der Waals surface area contributed by atoms with E-state index in [0.717, 1.165) is 33.1 Å². The number of amides is 1. The molecular formula is C18H18N4O2S. The van der Waals surface area contributed by atoms with Gasteiger partial charge >= 0.3 is 0 Å². The molecule has 0 saturated carbocycles. The van der Waals surface area contributed by atoms with Crippen molar-refractivity contribution in [3.8, 4) is 0 Å². The van der Waals surface area contributed by atoms with E-state index in [1.54, 1.807) is 25.8 Å². The lowest BCUT2D eigenvalue weighted by molar-refractivity contribution is 0.0695. The molecule has 25 heavy (non-hydrogen) atoms. The first-order valence-electron chi connectivity index (χ1n) is 8.08. The zero-order valence-electron chi connectivity index (χ0n) is 13.8. The molecule has 1 aliphatic heterocycles. The Bertz CT molecular complexity index is 874. The number of hydrogen-bond acceptors (Lipinski definition) is 5. The number of pyridine rings is 1. The van der Waals surface area contributed by atoms with Gasteiger partial charge in [0.15, 0.2) is 0 Å². The number of nitrogens with zero attached hydrogens (tertiary/aromatic N) is 3. The van der Waals surface area contributed by atoms with Crippen molar-refractivity contribution < 1.29 is 9.53 Å². The van der Waals surface area contributed by atoms with Crippen LogP contribution in [0.25, 0.3) is 0 Å². The van der Waals surface area contributed by atoms with E-state index in [4.69, 9.17) is 4.74 Å². The summed E-state index contributed by atoms with van der Waals surface area (Å²) in [5, 5.41) is 0. The van der Waals surface area contributed by atoms with Crippen LogP contribution in [0.15, 0.2) is 43.0 Å². The van der Waals surface area contributed by atoms with Crippen LogP contribution in [0.1, 0.15) is 37.5 Å². The van der Waals surface area contributed by atoms with Crippen molar-refractivity contribution in [3.05, 3.63) is 69.7 Å². The van der Waals surface area contributed by atoms with Gasteiger partial charge in [-0.15, -0.1) is 11.3 Å². The summed E-state index contributed by atoms with van der Waals surface area (Å²) in [4.78, 5) is 28.6. The summed E-state index contributed by atoms with van der Waals surface area (Å²) in [6, 6.07) is 7.52. The molecule has 0 bridgehead atoms. The molecule has 4 heterocycles. The first-order valence-corrected chi connectivity index (χ1v) is 8.90. The van der Waals surface area contributed by atoms with Crippen LogP contribution in [0, 0.1) is 0 Å². The number of carbonyl (C=O) groups excluding carboxylic acids is 1. The van der Waals surface area contributed by atoms with Gasteiger partial charge in [-0.2, -0.15) is 0 Å². The summed E-state index contributed by atoms with van der Waals surface area (Å²) < 4.78 is 5.16. The van der Waals surface area contributed by atoms with Crippen molar-refractivity contribution >= 4 is 17.2 Å². The van der Waals surface area contributed by atoms with Crippen LogP contribution < -0.4 is 0 Å². The summed E-state index contributed by atoms with van der Waals surface area (Å²) in [5.41, 5.74) is 3.03. The molecule has 1 atom stereocenters. The van der Waals surface area contributed by atoms with Gasteiger partial charge in [-0.05, 0) is 29.8 Å². The van der Waals surface area contributed by atoms with E-state index in [-0.39, 0.29) is 11.9 Å². The van der Waals surface area contributed by atoms with Gasteiger partial charge in [0.05, 0.1) is 23.5 Å². The Balaban J connectivity index is 1.70. The maximum absolute atomic E-state index is 13.2. The fraction of sp³-hybridized carbons (Fsp3) is 0.278. The number of aromatic amines is 1. The highest BCUT2D eigenvalue weighted by Gasteiger charge is 2.34. The summed E-state index contributed by atoms with van der Waals surface area (Å²) in [5.74, 6) is 0.0304. The molecule has 1 aliphatic rings. The van der Waals surface area contributed by atoms with E-state index in [2.05, 4.69) is 15.0 Å². The van der Waals surface area contributed by atoms with Gasteiger partial charge < -0.3 is 14.6 Å². The predicted octanol–water partition coefficient (Wildman–Crippen LogP) is 2.80. The monoisotopic (exact) mass is 354 g/mol. The van der Waals surface area contributed by atoms with Crippen LogP contribution in [0.2, 0.25) is 0 Å². The molecule has 128 valence electrons. The lowest BCUT2D eigenvalue weighted by Gasteiger charge is -2.35. The second-order valence-corrected chi connectivity index (χ2v) is 7.07. The summed E-state index contributed by atoms with van der Waals surface area (Å²) in [6.45, 7) is 1.17. The van der Waals surface area contributed by atoms with Crippen LogP contribution in [-0.2, 0) is 17.8 Å². The highest BCUT2D eigenvalue weighted by molar-refractivity contribution is 7.14. The van der Waals surface area contributed by atoms with Crippen LogP contribution in [0.5, 0.6) is 0 Å². The molecule has 3 aromatic heterocycles. The number of aromatic nitrogens is 3. The first kappa shape index (κ1) is 16.0.